The average molecular weight is 332 g/mol. The second kappa shape index (κ2) is 5.78. The van der Waals surface area contributed by atoms with E-state index in [1.807, 2.05) is 29.0 Å². The third-order valence-corrected chi connectivity index (χ3v) is 4.75. The minimum atomic E-state index is -0.171. The topological polar surface area (TPSA) is 81.7 Å². The number of carbonyl (C=O) groups excluding carboxylic acids is 1. The first kappa shape index (κ1) is 14.4. The van der Waals surface area contributed by atoms with Crippen LogP contribution in [0.15, 0.2) is 28.4 Å². The number of nitrogens with one attached hydrogen (secondary N) is 1. The van der Waals surface area contributed by atoms with Crippen molar-refractivity contribution in [3.8, 4) is 0 Å². The number of carbonyl (C=O) groups is 1. The molecule has 3 aromatic rings. The first-order chi connectivity index (χ1) is 11.2. The molecule has 23 heavy (non-hydrogen) atoms. The molecule has 0 aliphatic carbocycles. The van der Waals surface area contributed by atoms with Crippen LogP contribution in [0.3, 0.4) is 0 Å². The van der Waals surface area contributed by atoms with Gasteiger partial charge < -0.3 is 14.6 Å². The lowest BCUT2D eigenvalue weighted by Gasteiger charge is -2.17. The van der Waals surface area contributed by atoms with Gasteiger partial charge in [0.2, 0.25) is 0 Å². The molecule has 1 fully saturated rings. The Morgan fingerprint density at radius 1 is 1.52 bits per heavy atom. The molecule has 1 aliphatic rings. The van der Waals surface area contributed by atoms with Gasteiger partial charge in [-0.1, -0.05) is 5.16 Å². The molecule has 1 aliphatic heterocycles. The zero-order valence-corrected chi connectivity index (χ0v) is 13.4. The van der Waals surface area contributed by atoms with Crippen LogP contribution in [0.4, 0.5) is 0 Å². The maximum atomic E-state index is 12.4. The van der Waals surface area contributed by atoms with E-state index < -0.39 is 0 Å². The molecule has 2 atom stereocenters. The molecule has 1 amide bonds. The summed E-state index contributed by atoms with van der Waals surface area (Å²) >= 11 is 1.50. The van der Waals surface area contributed by atoms with Crippen LogP contribution in [0, 0.1) is 12.8 Å². The van der Waals surface area contributed by atoms with E-state index in [2.05, 4.69) is 15.5 Å². The van der Waals surface area contributed by atoms with E-state index in [4.69, 9.17) is 9.26 Å². The van der Waals surface area contributed by atoms with Crippen LogP contribution in [0.5, 0.6) is 0 Å². The smallest absolute Gasteiger partial charge is 0.271 e. The number of ether oxygens (including phenoxy) is 1. The van der Waals surface area contributed by atoms with E-state index in [0.717, 1.165) is 16.4 Å². The standard InChI is InChI=1S/C15H16N4O3S/c1-9-4-11(22-18-9)5-10-7-21-8-13(10)16-14(20)12-6-19-2-3-23-15(19)17-12/h2-4,6,10,13H,5,7-8H2,1H3,(H,16,20)/t10-,13+/m1/s1. The Bertz CT molecular complexity index is 808. The number of hydrogen-bond acceptors (Lipinski definition) is 6. The molecule has 0 bridgehead atoms. The van der Waals surface area contributed by atoms with Crippen molar-refractivity contribution >= 4 is 22.2 Å². The molecule has 3 aromatic heterocycles. The predicted octanol–water partition coefficient (Wildman–Crippen LogP) is 1.68. The molecule has 8 heteroatoms. The third kappa shape index (κ3) is 2.87. The molecular weight excluding hydrogens is 316 g/mol. The van der Waals surface area contributed by atoms with E-state index >= 15 is 0 Å². The van der Waals surface area contributed by atoms with Crippen molar-refractivity contribution < 1.29 is 14.1 Å². The monoisotopic (exact) mass is 332 g/mol. The summed E-state index contributed by atoms with van der Waals surface area (Å²) in [7, 11) is 0. The van der Waals surface area contributed by atoms with Crippen molar-refractivity contribution in [1.29, 1.82) is 0 Å². The maximum absolute atomic E-state index is 12.4. The lowest BCUT2D eigenvalue weighted by molar-refractivity contribution is 0.0920. The number of hydrogen-bond donors (Lipinski definition) is 1. The fourth-order valence-corrected chi connectivity index (χ4v) is 3.51. The number of thiazole rings is 1. The molecule has 4 rings (SSSR count). The van der Waals surface area contributed by atoms with Crippen molar-refractivity contribution in [3.05, 3.63) is 41.0 Å². The normalized spacial score (nSPS) is 21.1. The van der Waals surface area contributed by atoms with Gasteiger partial charge in [0.1, 0.15) is 11.5 Å². The minimum absolute atomic E-state index is 0.0485. The Hall–Kier alpha value is -2.19. The summed E-state index contributed by atoms with van der Waals surface area (Å²) in [6, 6.07) is 1.87. The summed E-state index contributed by atoms with van der Waals surface area (Å²) < 4.78 is 12.6. The highest BCUT2D eigenvalue weighted by atomic mass is 32.1. The molecule has 0 aromatic carbocycles. The lowest BCUT2D eigenvalue weighted by Crippen LogP contribution is -2.40. The van der Waals surface area contributed by atoms with Crippen molar-refractivity contribution in [3.63, 3.8) is 0 Å². The molecule has 0 saturated carbocycles. The Morgan fingerprint density at radius 2 is 2.43 bits per heavy atom. The SMILES string of the molecule is Cc1cc(C[C@@H]2COC[C@@H]2NC(=O)c2cn3ccsc3n2)on1. The van der Waals surface area contributed by atoms with Crippen molar-refractivity contribution in [1.82, 2.24) is 19.9 Å². The zero-order valence-electron chi connectivity index (χ0n) is 12.6. The first-order valence-corrected chi connectivity index (χ1v) is 8.30. The average Bonchev–Trinajstić information content (AvgIpc) is 3.24. The van der Waals surface area contributed by atoms with E-state index in [9.17, 15) is 4.79 Å². The van der Waals surface area contributed by atoms with Gasteiger partial charge in [-0.25, -0.2) is 4.98 Å². The predicted molar refractivity (Wildman–Crippen MR) is 83.6 cm³/mol. The van der Waals surface area contributed by atoms with Gasteiger partial charge in [-0.05, 0) is 6.92 Å². The number of nitrogens with zero attached hydrogens (tertiary/aromatic N) is 3. The summed E-state index contributed by atoms with van der Waals surface area (Å²) in [4.78, 5) is 17.5. The molecule has 0 unspecified atom stereocenters. The molecule has 1 saturated heterocycles. The van der Waals surface area contributed by atoms with Gasteiger partial charge >= 0.3 is 0 Å². The lowest BCUT2D eigenvalue weighted by atomic mass is 9.98. The van der Waals surface area contributed by atoms with Gasteiger partial charge in [0, 0.05) is 36.2 Å². The second-order valence-corrected chi connectivity index (χ2v) is 6.61. The summed E-state index contributed by atoms with van der Waals surface area (Å²) in [6.45, 7) is 3.00. The van der Waals surface area contributed by atoms with Crippen LogP contribution in [0.1, 0.15) is 21.9 Å². The van der Waals surface area contributed by atoms with E-state index in [1.54, 1.807) is 6.20 Å². The highest BCUT2D eigenvalue weighted by molar-refractivity contribution is 7.15. The van der Waals surface area contributed by atoms with Gasteiger partial charge in [-0.15, -0.1) is 11.3 Å². The number of amides is 1. The largest absolute Gasteiger partial charge is 0.379 e. The quantitative estimate of drug-likeness (QED) is 0.786. The van der Waals surface area contributed by atoms with E-state index in [-0.39, 0.29) is 17.9 Å². The summed E-state index contributed by atoms with van der Waals surface area (Å²) in [5, 5.41) is 8.86. The van der Waals surface area contributed by atoms with Crippen molar-refractivity contribution in [2.24, 2.45) is 5.92 Å². The number of aryl methyl sites for hydroxylation is 1. The van der Waals surface area contributed by atoms with Gasteiger partial charge in [-0.3, -0.25) is 9.20 Å². The van der Waals surface area contributed by atoms with Gasteiger partial charge in [0.05, 0.1) is 24.9 Å². The zero-order chi connectivity index (χ0) is 15.8. The summed E-state index contributed by atoms with van der Waals surface area (Å²) in [5.74, 6) is 0.824. The van der Waals surface area contributed by atoms with Crippen LogP contribution < -0.4 is 5.32 Å². The van der Waals surface area contributed by atoms with Crippen LogP contribution in [-0.2, 0) is 11.2 Å². The number of imidazole rings is 1. The second-order valence-electron chi connectivity index (χ2n) is 5.74. The van der Waals surface area contributed by atoms with Gasteiger partial charge in [-0.2, -0.15) is 0 Å². The number of aromatic nitrogens is 3. The maximum Gasteiger partial charge on any atom is 0.271 e. The molecule has 0 spiro atoms. The minimum Gasteiger partial charge on any atom is -0.379 e. The van der Waals surface area contributed by atoms with Crippen LogP contribution >= 0.6 is 11.3 Å². The fourth-order valence-electron chi connectivity index (χ4n) is 2.81. The van der Waals surface area contributed by atoms with Crippen LogP contribution in [0.2, 0.25) is 0 Å². The molecule has 120 valence electrons. The van der Waals surface area contributed by atoms with Crippen molar-refractivity contribution in [2.75, 3.05) is 13.2 Å². The van der Waals surface area contributed by atoms with Crippen LogP contribution in [-0.4, -0.2) is 39.7 Å². The van der Waals surface area contributed by atoms with E-state index in [1.165, 1.54) is 11.3 Å². The molecule has 7 nitrogen and oxygen atoms in total. The number of fused-ring (bicyclic) bond motifs is 1. The molecule has 4 heterocycles. The van der Waals surface area contributed by atoms with Gasteiger partial charge in [0.15, 0.2) is 4.96 Å². The first-order valence-electron chi connectivity index (χ1n) is 7.42. The third-order valence-electron chi connectivity index (χ3n) is 3.98. The molecule has 0 radical (unpaired) electrons. The fraction of sp³-hybridized carbons (Fsp3) is 0.400. The number of rotatable bonds is 4. The summed E-state index contributed by atoms with van der Waals surface area (Å²) in [5.41, 5.74) is 1.29. The van der Waals surface area contributed by atoms with Crippen molar-refractivity contribution in [2.45, 2.75) is 19.4 Å². The van der Waals surface area contributed by atoms with Gasteiger partial charge in [0.25, 0.3) is 5.91 Å². The highest BCUT2D eigenvalue weighted by Crippen LogP contribution is 2.20. The Kier molecular flexibility index (Phi) is 3.62. The molecular formula is C15H16N4O3S. The molecule has 1 N–H and O–H groups in total. The Morgan fingerprint density at radius 3 is 3.22 bits per heavy atom. The Balaban J connectivity index is 1.44. The van der Waals surface area contributed by atoms with E-state index in [0.29, 0.717) is 25.3 Å². The highest BCUT2D eigenvalue weighted by Gasteiger charge is 2.31. The van der Waals surface area contributed by atoms with Crippen LogP contribution in [0.25, 0.3) is 4.96 Å². The Labute approximate surface area is 136 Å². The summed E-state index contributed by atoms with van der Waals surface area (Å²) in [6.07, 6.45) is 4.33.